The topological polar surface area (TPSA) is 296 Å². The number of nitrogens with zero attached hydrogens (tertiary/aromatic N) is 2. The first-order valence-electron chi connectivity index (χ1n) is 40.3. The molecule has 8 N–H and O–H groups in total. The first-order chi connectivity index (χ1) is 53.0. The Morgan fingerprint density at radius 2 is 0.930 bits per heavy atom. The normalized spacial score (nSPS) is 17.0. The van der Waals surface area contributed by atoms with Gasteiger partial charge in [-0.3, -0.25) is 48.4 Å². The van der Waals surface area contributed by atoms with Crippen molar-refractivity contribution < 1.29 is 66.2 Å². The van der Waals surface area contributed by atoms with E-state index in [2.05, 4.69) is 155 Å². The molecule has 0 bridgehead atoms. The quantitative estimate of drug-likeness (QED) is 0.00975. The molecule has 0 aromatic heterocycles. The zero-order valence-electron chi connectivity index (χ0n) is 72.5. The molecule has 5 amide bonds. The van der Waals surface area contributed by atoms with Gasteiger partial charge in [-0.2, -0.15) is 0 Å². The number of ether oxygens (including phenoxy) is 2. The van der Waals surface area contributed by atoms with Crippen molar-refractivity contribution in [2.24, 2.45) is 29.4 Å². The fourth-order valence-electron chi connectivity index (χ4n) is 11.5. The van der Waals surface area contributed by atoms with Crippen molar-refractivity contribution in [2.75, 3.05) is 26.3 Å². The third-order valence-corrected chi connectivity index (χ3v) is 35.7. The van der Waals surface area contributed by atoms with Crippen molar-refractivity contribution in [3.05, 3.63) is 169 Å². The molecule has 2 aliphatic heterocycles. The van der Waals surface area contributed by atoms with Crippen molar-refractivity contribution in [1.82, 2.24) is 36.8 Å². The number of esters is 2. The number of carbonyl (C=O) groups is 8. The molecule has 114 heavy (non-hydrogen) atoms. The number of hydrogen-bond acceptors (Lipinski definition) is 16. The van der Waals surface area contributed by atoms with E-state index >= 15 is 0 Å². The lowest BCUT2D eigenvalue weighted by molar-refractivity contribution is -0.154. The van der Waals surface area contributed by atoms with Gasteiger partial charge in [0.1, 0.15) is 41.7 Å². The van der Waals surface area contributed by atoms with Gasteiger partial charge in [0.05, 0.1) is 31.3 Å². The number of aliphatic carboxylic acids is 1. The Kier molecular flexibility index (Phi) is 38.0. The molecule has 2 heterocycles. The Morgan fingerprint density at radius 1 is 0.535 bits per heavy atom. The Morgan fingerprint density at radius 3 is 1.29 bits per heavy atom. The fourth-order valence-corrected chi connectivity index (χ4v) is 14.9. The molecule has 10 atom stereocenters. The maximum Gasteiger partial charge on any atom is 0.324 e. The maximum atomic E-state index is 14.3. The molecule has 6 rings (SSSR count). The molecule has 4 aromatic rings. The SMILES string of the molecule is C=CCCOC(=O)[C@@H]1CCCN(C(=O)[C@H](Cc2cccc(O[Si](C)(C)C(C)(C)C)c2)NC(=O)[C@@H](N)C(C)C)N1.C=CCCOC(=O)[C@@H]1CCCN(C(=O)[C@H](Cc2cccc(O[Si](C)(C)C(C)(C)C)c2)NC(=O)[C@@H](NC(=O)[C@H](C)[C@H](C)c2ccc(C=C)cc2)C(C)C)N1.C=Cc1ccc([C@@H](O[Si](C)(C)C(C)(C)C)[C@@H](C)C(=O)O)cc1. The van der Waals surface area contributed by atoms with E-state index in [1.807, 2.05) is 139 Å². The highest BCUT2D eigenvalue weighted by atomic mass is 28.4. The summed E-state index contributed by atoms with van der Waals surface area (Å²) in [6.07, 6.45) is 10.2. The predicted molar refractivity (Wildman–Crippen MR) is 465 cm³/mol. The van der Waals surface area contributed by atoms with E-state index in [-0.39, 0.29) is 70.7 Å². The summed E-state index contributed by atoms with van der Waals surface area (Å²) >= 11 is 0. The minimum absolute atomic E-state index is 0.0134. The van der Waals surface area contributed by atoms with Crippen molar-refractivity contribution >= 4 is 84.5 Å². The molecule has 2 fully saturated rings. The third-order valence-electron chi connectivity index (χ3n) is 22.6. The van der Waals surface area contributed by atoms with Crippen LogP contribution in [0.1, 0.15) is 195 Å². The number of amides is 5. The molecule has 25 heteroatoms. The van der Waals surface area contributed by atoms with E-state index in [9.17, 15) is 43.5 Å². The van der Waals surface area contributed by atoms with Crippen molar-refractivity contribution in [3.8, 4) is 11.5 Å². The van der Waals surface area contributed by atoms with Crippen LogP contribution in [-0.2, 0) is 65.1 Å². The highest BCUT2D eigenvalue weighted by Gasteiger charge is 2.44. The molecule has 2 saturated heterocycles. The van der Waals surface area contributed by atoms with Crippen LogP contribution in [0.15, 0.2) is 136 Å². The molecule has 0 aliphatic carbocycles. The fraction of sp³-hybridized carbons (Fsp3) is 0.551. The summed E-state index contributed by atoms with van der Waals surface area (Å²) in [6, 6.07) is 26.1. The average Bonchev–Trinajstić information content (AvgIpc) is 0.845. The zero-order chi connectivity index (χ0) is 86.0. The Bertz CT molecular complexity index is 3860. The van der Waals surface area contributed by atoms with Gasteiger partial charge in [-0.15, -0.1) is 13.2 Å². The van der Waals surface area contributed by atoms with Crippen LogP contribution < -0.4 is 41.4 Å². The number of benzene rings is 4. The maximum absolute atomic E-state index is 14.3. The molecule has 0 radical (unpaired) electrons. The Hall–Kier alpha value is -8.31. The smallest absolute Gasteiger partial charge is 0.324 e. The second-order valence-electron chi connectivity index (χ2n) is 35.4. The first kappa shape index (κ1) is 98.1. The Labute approximate surface area is 684 Å². The van der Waals surface area contributed by atoms with Gasteiger partial charge in [0.15, 0.2) is 8.32 Å². The average molecular weight is 1630 g/mol. The van der Waals surface area contributed by atoms with Gasteiger partial charge < -0.3 is 49.5 Å². The number of hydrogen-bond donors (Lipinski definition) is 7. The van der Waals surface area contributed by atoms with E-state index in [1.54, 1.807) is 31.2 Å². The molecule has 2 aliphatic rings. The van der Waals surface area contributed by atoms with Crippen LogP contribution in [0.3, 0.4) is 0 Å². The number of rotatable bonds is 35. The summed E-state index contributed by atoms with van der Waals surface area (Å²) in [5.41, 5.74) is 17.7. The van der Waals surface area contributed by atoms with Crippen LogP contribution >= 0.6 is 0 Å². The van der Waals surface area contributed by atoms with E-state index < -0.39 is 115 Å². The van der Waals surface area contributed by atoms with Gasteiger partial charge in [0.25, 0.3) is 11.8 Å². The minimum atomic E-state index is -2.15. The lowest BCUT2D eigenvalue weighted by Gasteiger charge is -2.40. The van der Waals surface area contributed by atoms with Gasteiger partial charge in [-0.1, -0.05) is 214 Å². The molecule has 0 saturated carbocycles. The molecule has 0 spiro atoms. The van der Waals surface area contributed by atoms with Crippen molar-refractivity contribution in [2.45, 2.75) is 265 Å². The molecule has 4 aromatic carbocycles. The second kappa shape index (κ2) is 44.1. The van der Waals surface area contributed by atoms with Crippen molar-refractivity contribution in [1.29, 1.82) is 0 Å². The van der Waals surface area contributed by atoms with Crippen LogP contribution in [0.5, 0.6) is 11.5 Å². The zero-order valence-corrected chi connectivity index (χ0v) is 75.5. The van der Waals surface area contributed by atoms with Gasteiger partial charge in [0, 0.05) is 31.8 Å². The number of carbonyl (C=O) groups excluding carboxylic acids is 7. The molecular weight excluding hydrogens is 1490 g/mol. The highest BCUT2D eigenvalue weighted by molar-refractivity contribution is 6.75. The standard InChI is InChI=1S/C42H62N4O6Si.C29H48N4O5Si.C18H28O3Si/c1-12-14-25-51-41(50)35-19-16-24-46(45-35)40(49)36(27-32-17-15-18-34(26-32)52-53(10,11)42(7,8)9)43-39(48)37(28(3)4)44-38(47)30(6)29(5)33-22-20-31(13-2)21-23-33;1-9-10-17-37-28(36)23-15-12-16-33(32-23)27(35)24(31-26(34)25(30)20(2)3)19-21-13-11-14-22(18-21)38-39(7,8)29(4,5)6;1-8-14-9-11-15(12-10-14)16(13(2)17(19)20)21-22(6,7)18(3,4)5/h12-13,15,17-18,20-23,26,28-30,35-37,45H,1-2,14,16,19,24-25,27H2,3-11H3,(H,43,48)(H,44,47);9,11,13-14,18,20,23-25,32H,1,10,12,15-17,19,30H2,2-8H3,(H,31,34);8-13,16H,1H2,2-7H3,(H,19,20)/t29-,30+,35-,36-,37-;23-,24-,25-;13-,16+/m001/s1. The summed E-state index contributed by atoms with van der Waals surface area (Å²) in [6.45, 7) is 61.6. The van der Waals surface area contributed by atoms with Gasteiger partial charge in [-0.25, -0.2) is 10.9 Å². The van der Waals surface area contributed by atoms with Crippen LogP contribution in [0.4, 0.5) is 0 Å². The highest BCUT2D eigenvalue weighted by Crippen LogP contribution is 2.43. The van der Waals surface area contributed by atoms with Crippen LogP contribution in [-0.4, -0.2) is 150 Å². The summed E-state index contributed by atoms with van der Waals surface area (Å²) in [4.78, 5) is 105. The summed E-state index contributed by atoms with van der Waals surface area (Å²) < 4.78 is 30.1. The van der Waals surface area contributed by atoms with Gasteiger partial charge >= 0.3 is 17.9 Å². The minimum Gasteiger partial charge on any atom is -0.543 e. The van der Waals surface area contributed by atoms with E-state index in [1.165, 1.54) is 10.0 Å². The number of nitrogens with two attached hydrogens (primary N) is 1. The second-order valence-corrected chi connectivity index (χ2v) is 49.6. The van der Waals surface area contributed by atoms with Gasteiger partial charge in [0.2, 0.25) is 34.4 Å². The number of carboxylic acids is 1. The van der Waals surface area contributed by atoms with Crippen LogP contribution in [0.25, 0.3) is 12.2 Å². The first-order valence-corrected chi connectivity index (χ1v) is 49.0. The number of hydrazine groups is 2. The summed E-state index contributed by atoms with van der Waals surface area (Å²) in [5.74, 6) is -3.57. The molecule has 0 unspecified atom stereocenters. The summed E-state index contributed by atoms with van der Waals surface area (Å²) in [7, 11) is -6.28. The van der Waals surface area contributed by atoms with E-state index in [4.69, 9.17) is 28.5 Å². The molecule has 22 nitrogen and oxygen atoms in total. The third kappa shape index (κ3) is 29.8. The Balaban J connectivity index is 0.000000392. The summed E-state index contributed by atoms with van der Waals surface area (Å²) in [5, 5.41) is 21.2. The van der Waals surface area contributed by atoms with Crippen molar-refractivity contribution in [3.63, 3.8) is 0 Å². The van der Waals surface area contributed by atoms with E-state index in [0.717, 1.165) is 39.1 Å². The monoisotopic (exact) mass is 1630 g/mol. The molecule has 630 valence electrons. The number of nitrogens with one attached hydrogen (secondary N) is 5. The lowest BCUT2D eigenvalue weighted by Crippen LogP contribution is -2.62. The van der Waals surface area contributed by atoms with Crippen LogP contribution in [0.2, 0.25) is 54.4 Å². The molecular formula is C89H138N8O14Si3. The number of carboxylic acid groups (broad SMARTS) is 1. The lowest BCUT2D eigenvalue weighted by atomic mass is 9.87. The largest absolute Gasteiger partial charge is 0.543 e. The van der Waals surface area contributed by atoms with Gasteiger partial charge in [-0.05, 0) is 175 Å². The van der Waals surface area contributed by atoms with E-state index in [0.29, 0.717) is 57.4 Å². The predicted octanol–water partition coefficient (Wildman–Crippen LogP) is 15.7. The van der Waals surface area contributed by atoms with Crippen LogP contribution in [0, 0.1) is 23.7 Å².